The van der Waals surface area contributed by atoms with E-state index in [1.807, 2.05) is 0 Å². The zero-order valence-electron chi connectivity index (χ0n) is 4.22. The minimum Gasteiger partial charge on any atom is -0.399 e. The summed E-state index contributed by atoms with van der Waals surface area (Å²) in [5.41, 5.74) is 0. The Hall–Kier alpha value is -0.970. The fourth-order valence-electron chi connectivity index (χ4n) is 0.165. The lowest BCUT2D eigenvalue weighted by atomic mass is 10.5. The predicted molar refractivity (Wildman–Crippen MR) is 29.0 cm³/mol. The minimum absolute atomic E-state index is 0.536. The smallest absolute Gasteiger partial charge is 0.106 e. The zero-order valence-corrected chi connectivity index (χ0v) is 4.22. The fourth-order valence-corrected chi connectivity index (χ4v) is 0.165. The quantitative estimate of drug-likeness (QED) is 0.281. The molecule has 0 unspecified atom stereocenters. The van der Waals surface area contributed by atoms with Gasteiger partial charge in [-0.25, -0.2) is 0 Å². The molecule has 0 aliphatic heterocycles. The van der Waals surface area contributed by atoms with E-state index in [9.17, 15) is 0 Å². The van der Waals surface area contributed by atoms with Gasteiger partial charge in [0.05, 0.1) is 6.21 Å². The van der Waals surface area contributed by atoms with E-state index in [0.717, 1.165) is 0 Å². The van der Waals surface area contributed by atoms with Crippen LogP contribution >= 0.6 is 0 Å². The Morgan fingerprint density at radius 2 is 2.71 bits per heavy atom. The first-order valence-corrected chi connectivity index (χ1v) is 1.90. The summed E-state index contributed by atoms with van der Waals surface area (Å²) in [5.74, 6) is 2.37. The second kappa shape index (κ2) is 5.03. The first-order valence-electron chi connectivity index (χ1n) is 1.90. The van der Waals surface area contributed by atoms with E-state index in [-0.39, 0.29) is 0 Å². The van der Waals surface area contributed by atoms with Gasteiger partial charge in [-0.05, 0) is 0 Å². The van der Waals surface area contributed by atoms with E-state index >= 15 is 0 Å². The maximum absolute atomic E-state index is 4.87. The minimum atomic E-state index is 0.536. The lowest BCUT2D eigenvalue weighted by Gasteiger charge is -1.78. The molecule has 0 saturated carbocycles. The van der Waals surface area contributed by atoms with Crippen LogP contribution in [0.1, 0.15) is 6.42 Å². The summed E-state index contributed by atoms with van der Waals surface area (Å²) in [6, 6.07) is 0. The van der Waals surface area contributed by atoms with E-state index in [4.69, 9.17) is 6.42 Å². The van der Waals surface area contributed by atoms with Crippen LogP contribution in [0, 0.1) is 12.3 Å². The molecule has 0 saturated heterocycles. The van der Waals surface area contributed by atoms with E-state index < -0.39 is 0 Å². The molecule has 38 valence electrons. The maximum atomic E-state index is 4.87. The summed E-state index contributed by atoms with van der Waals surface area (Å²) in [6.07, 6.45) is 6.94. The molecular formula is C5H7NO. The van der Waals surface area contributed by atoms with Crippen LogP contribution in [0.4, 0.5) is 0 Å². The molecule has 0 aromatic heterocycles. The molecule has 0 aliphatic carbocycles. The largest absolute Gasteiger partial charge is 0.399 e. The topological polar surface area (TPSA) is 21.6 Å². The SMILES string of the molecule is C#CCC=NOC. The molecule has 0 fully saturated rings. The second-order valence-corrected chi connectivity index (χ2v) is 0.879. The highest BCUT2D eigenvalue weighted by atomic mass is 16.6. The van der Waals surface area contributed by atoms with Crippen LogP contribution in [-0.2, 0) is 4.84 Å². The molecule has 0 aromatic carbocycles. The van der Waals surface area contributed by atoms with Gasteiger partial charge in [0, 0.05) is 6.42 Å². The maximum Gasteiger partial charge on any atom is 0.106 e. The van der Waals surface area contributed by atoms with E-state index in [2.05, 4.69) is 15.9 Å². The van der Waals surface area contributed by atoms with Crippen molar-refractivity contribution < 1.29 is 4.84 Å². The number of rotatable bonds is 2. The molecule has 0 aliphatic rings. The fraction of sp³-hybridized carbons (Fsp3) is 0.400. The van der Waals surface area contributed by atoms with Gasteiger partial charge < -0.3 is 4.84 Å². The molecule has 0 N–H and O–H groups in total. The molecule has 0 aromatic rings. The summed E-state index contributed by atoms with van der Waals surface area (Å²) in [4.78, 5) is 4.32. The van der Waals surface area contributed by atoms with Gasteiger partial charge in [-0.3, -0.25) is 0 Å². The molecule has 2 heteroatoms. The van der Waals surface area contributed by atoms with Gasteiger partial charge in [0.25, 0.3) is 0 Å². The molecule has 2 nitrogen and oxygen atoms in total. The van der Waals surface area contributed by atoms with Crippen molar-refractivity contribution in [3.05, 3.63) is 0 Å². The Bertz CT molecular complexity index is 90.7. The van der Waals surface area contributed by atoms with Gasteiger partial charge in [0.2, 0.25) is 0 Å². The van der Waals surface area contributed by atoms with Gasteiger partial charge in [-0.15, -0.1) is 12.3 Å². The molecule has 7 heavy (non-hydrogen) atoms. The first kappa shape index (κ1) is 6.03. The van der Waals surface area contributed by atoms with Crippen LogP contribution < -0.4 is 0 Å². The van der Waals surface area contributed by atoms with Crippen molar-refractivity contribution in [2.45, 2.75) is 6.42 Å². The van der Waals surface area contributed by atoms with Crippen molar-refractivity contribution >= 4 is 6.21 Å². The first-order chi connectivity index (χ1) is 3.41. The normalized spacial score (nSPS) is 8.57. The lowest BCUT2D eigenvalue weighted by molar-refractivity contribution is 0.215. The van der Waals surface area contributed by atoms with Crippen molar-refractivity contribution in [3.8, 4) is 12.3 Å². The number of hydrogen-bond acceptors (Lipinski definition) is 2. The second-order valence-electron chi connectivity index (χ2n) is 0.879. The molecule has 0 amide bonds. The highest BCUT2D eigenvalue weighted by Crippen LogP contribution is 1.67. The van der Waals surface area contributed by atoms with Crippen LogP contribution in [-0.4, -0.2) is 13.3 Å². The Labute approximate surface area is 43.2 Å². The average Bonchev–Trinajstić information content (AvgIpc) is 1.69. The third-order valence-corrected chi connectivity index (χ3v) is 0.389. The van der Waals surface area contributed by atoms with Crippen molar-refractivity contribution in [2.24, 2.45) is 5.16 Å². The predicted octanol–water partition coefficient (Wildman–Crippen LogP) is 0.642. The van der Waals surface area contributed by atoms with Gasteiger partial charge >= 0.3 is 0 Å². The summed E-state index contributed by atoms with van der Waals surface area (Å²) in [5, 5.41) is 3.39. The number of nitrogens with zero attached hydrogens (tertiary/aromatic N) is 1. The van der Waals surface area contributed by atoms with Crippen molar-refractivity contribution in [1.82, 2.24) is 0 Å². The molecule has 0 spiro atoms. The number of oxime groups is 1. The Morgan fingerprint density at radius 3 is 3.14 bits per heavy atom. The molecular weight excluding hydrogens is 90.1 g/mol. The third kappa shape index (κ3) is 5.03. The van der Waals surface area contributed by atoms with Crippen molar-refractivity contribution in [2.75, 3.05) is 7.11 Å². The standard InChI is InChI=1S/C5H7NO/c1-3-4-5-6-7-2/h1,5H,4H2,2H3. The third-order valence-electron chi connectivity index (χ3n) is 0.389. The molecule has 0 atom stereocenters. The summed E-state index contributed by atoms with van der Waals surface area (Å²) in [6.45, 7) is 0. The van der Waals surface area contributed by atoms with Crippen molar-refractivity contribution in [3.63, 3.8) is 0 Å². The lowest BCUT2D eigenvalue weighted by Crippen LogP contribution is -1.70. The van der Waals surface area contributed by atoms with E-state index in [1.165, 1.54) is 13.3 Å². The molecule has 0 heterocycles. The number of terminal acetylenes is 1. The van der Waals surface area contributed by atoms with Crippen LogP contribution in [0.3, 0.4) is 0 Å². The molecule has 0 radical (unpaired) electrons. The summed E-state index contributed by atoms with van der Waals surface area (Å²) < 4.78 is 0. The molecule has 0 bridgehead atoms. The van der Waals surface area contributed by atoms with Gasteiger partial charge in [-0.2, -0.15) is 0 Å². The summed E-state index contributed by atoms with van der Waals surface area (Å²) in [7, 11) is 1.48. The van der Waals surface area contributed by atoms with Crippen LogP contribution in [0.2, 0.25) is 0 Å². The van der Waals surface area contributed by atoms with Crippen LogP contribution in [0.15, 0.2) is 5.16 Å². The Balaban J connectivity index is 2.97. The Morgan fingerprint density at radius 1 is 2.00 bits per heavy atom. The van der Waals surface area contributed by atoms with Gasteiger partial charge in [0.1, 0.15) is 7.11 Å². The Kier molecular flexibility index (Phi) is 4.33. The van der Waals surface area contributed by atoms with Gasteiger partial charge in [-0.1, -0.05) is 5.16 Å². The van der Waals surface area contributed by atoms with Crippen LogP contribution in [0.5, 0.6) is 0 Å². The monoisotopic (exact) mass is 97.1 g/mol. The van der Waals surface area contributed by atoms with E-state index in [0.29, 0.717) is 6.42 Å². The average molecular weight is 97.1 g/mol. The highest BCUT2D eigenvalue weighted by molar-refractivity contribution is 5.59. The highest BCUT2D eigenvalue weighted by Gasteiger charge is 1.63. The van der Waals surface area contributed by atoms with Crippen LogP contribution in [0.25, 0.3) is 0 Å². The number of hydrogen-bond donors (Lipinski definition) is 0. The van der Waals surface area contributed by atoms with Crippen molar-refractivity contribution in [1.29, 1.82) is 0 Å². The van der Waals surface area contributed by atoms with Gasteiger partial charge in [0.15, 0.2) is 0 Å². The molecule has 0 rings (SSSR count). The summed E-state index contributed by atoms with van der Waals surface area (Å²) >= 11 is 0. The van der Waals surface area contributed by atoms with E-state index in [1.54, 1.807) is 0 Å². The zero-order chi connectivity index (χ0) is 5.54.